The second-order valence-electron chi connectivity index (χ2n) is 6.52. The highest BCUT2D eigenvalue weighted by Crippen LogP contribution is 2.26. The lowest BCUT2D eigenvalue weighted by Gasteiger charge is -2.12. The number of nitrogens with zero attached hydrogens (tertiary/aromatic N) is 4. The van der Waals surface area contributed by atoms with E-state index in [1.54, 1.807) is 4.57 Å². The molecule has 5 rings (SSSR count). The molecule has 0 saturated heterocycles. The number of hydrogen-bond donors (Lipinski definition) is 2. The minimum absolute atomic E-state index is 0.366. The lowest BCUT2D eigenvalue weighted by atomic mass is 10.2. The SMILES string of the molecule is Nc1nc2ccccc2n1-c1nc(NCc2ccccc2)c2ccccc2n1. The van der Waals surface area contributed by atoms with Gasteiger partial charge in [0.1, 0.15) is 5.82 Å². The summed E-state index contributed by atoms with van der Waals surface area (Å²) < 4.78 is 1.79. The monoisotopic (exact) mass is 366 g/mol. The van der Waals surface area contributed by atoms with Gasteiger partial charge in [-0.05, 0) is 29.8 Å². The second kappa shape index (κ2) is 6.66. The Morgan fingerprint density at radius 2 is 1.46 bits per heavy atom. The molecule has 0 spiro atoms. The number of anilines is 2. The van der Waals surface area contributed by atoms with Crippen molar-refractivity contribution in [1.29, 1.82) is 0 Å². The number of imidazole rings is 1. The van der Waals surface area contributed by atoms with Crippen LogP contribution >= 0.6 is 0 Å². The highest BCUT2D eigenvalue weighted by Gasteiger charge is 2.15. The first-order valence-electron chi connectivity index (χ1n) is 9.07. The molecule has 0 aliphatic heterocycles. The van der Waals surface area contributed by atoms with Crippen LogP contribution in [0.25, 0.3) is 27.9 Å². The van der Waals surface area contributed by atoms with Crippen molar-refractivity contribution in [3.63, 3.8) is 0 Å². The molecule has 3 aromatic carbocycles. The van der Waals surface area contributed by atoms with Crippen LogP contribution < -0.4 is 11.1 Å². The van der Waals surface area contributed by atoms with Gasteiger partial charge < -0.3 is 11.1 Å². The molecule has 28 heavy (non-hydrogen) atoms. The Bertz CT molecular complexity index is 1280. The van der Waals surface area contributed by atoms with E-state index in [1.807, 2.05) is 66.7 Å². The van der Waals surface area contributed by atoms with E-state index in [2.05, 4.69) is 22.4 Å². The van der Waals surface area contributed by atoms with Gasteiger partial charge in [-0.25, -0.2) is 14.5 Å². The van der Waals surface area contributed by atoms with Crippen LogP contribution in [0.2, 0.25) is 0 Å². The van der Waals surface area contributed by atoms with Gasteiger partial charge >= 0.3 is 0 Å². The van der Waals surface area contributed by atoms with Crippen LogP contribution in [-0.2, 0) is 6.54 Å². The van der Waals surface area contributed by atoms with E-state index in [0.717, 1.165) is 27.8 Å². The summed E-state index contributed by atoms with van der Waals surface area (Å²) in [5.74, 6) is 1.63. The molecule has 0 saturated carbocycles. The molecular weight excluding hydrogens is 348 g/mol. The van der Waals surface area contributed by atoms with Crippen molar-refractivity contribution in [2.24, 2.45) is 0 Å². The summed E-state index contributed by atoms with van der Waals surface area (Å²) in [6.07, 6.45) is 0. The molecule has 0 fully saturated rings. The number of rotatable bonds is 4. The van der Waals surface area contributed by atoms with E-state index in [1.165, 1.54) is 5.56 Å². The van der Waals surface area contributed by atoms with E-state index in [9.17, 15) is 0 Å². The zero-order valence-electron chi connectivity index (χ0n) is 15.1. The van der Waals surface area contributed by atoms with Gasteiger partial charge in [-0.15, -0.1) is 0 Å². The van der Waals surface area contributed by atoms with Crippen LogP contribution in [0.3, 0.4) is 0 Å². The Kier molecular flexibility index (Phi) is 3.87. The topological polar surface area (TPSA) is 81.6 Å². The summed E-state index contributed by atoms with van der Waals surface area (Å²) in [5.41, 5.74) is 9.92. The van der Waals surface area contributed by atoms with Gasteiger partial charge in [-0.2, -0.15) is 4.98 Å². The number of hydrogen-bond acceptors (Lipinski definition) is 5. The van der Waals surface area contributed by atoms with Crippen LogP contribution in [0.4, 0.5) is 11.8 Å². The zero-order chi connectivity index (χ0) is 18.9. The maximum atomic E-state index is 6.20. The van der Waals surface area contributed by atoms with Crippen molar-refractivity contribution >= 4 is 33.7 Å². The maximum Gasteiger partial charge on any atom is 0.239 e. The molecule has 0 amide bonds. The number of para-hydroxylation sites is 3. The summed E-state index contributed by atoms with van der Waals surface area (Å²) >= 11 is 0. The van der Waals surface area contributed by atoms with Crippen LogP contribution in [0.15, 0.2) is 78.9 Å². The van der Waals surface area contributed by atoms with Crippen LogP contribution in [0.1, 0.15) is 5.56 Å². The van der Waals surface area contributed by atoms with Crippen LogP contribution in [0, 0.1) is 0 Å². The molecule has 2 aromatic heterocycles. The first-order valence-corrected chi connectivity index (χ1v) is 9.07. The summed E-state index contributed by atoms with van der Waals surface area (Å²) in [6, 6.07) is 26.0. The predicted octanol–water partition coefficient (Wildman–Crippen LogP) is 4.16. The van der Waals surface area contributed by atoms with Crippen LogP contribution in [-0.4, -0.2) is 19.5 Å². The quantitative estimate of drug-likeness (QED) is 0.499. The molecule has 136 valence electrons. The van der Waals surface area contributed by atoms with Crippen molar-refractivity contribution in [3.8, 4) is 5.95 Å². The first kappa shape index (κ1) is 16.3. The molecule has 3 N–H and O–H groups in total. The van der Waals surface area contributed by atoms with Crippen molar-refractivity contribution in [2.45, 2.75) is 6.54 Å². The van der Waals surface area contributed by atoms with E-state index in [-0.39, 0.29) is 0 Å². The average molecular weight is 366 g/mol. The molecule has 6 heteroatoms. The van der Waals surface area contributed by atoms with Gasteiger partial charge in [0, 0.05) is 11.9 Å². The fourth-order valence-electron chi connectivity index (χ4n) is 3.34. The molecular formula is C22H18N6. The number of nitrogen functional groups attached to an aromatic ring is 1. The lowest BCUT2D eigenvalue weighted by Crippen LogP contribution is -2.09. The summed E-state index contributed by atoms with van der Waals surface area (Å²) in [5, 5.41) is 4.41. The Balaban J connectivity index is 1.65. The fraction of sp³-hybridized carbons (Fsp3) is 0.0455. The van der Waals surface area contributed by atoms with Gasteiger partial charge in [-0.1, -0.05) is 54.6 Å². The molecule has 0 unspecified atom stereocenters. The smallest absolute Gasteiger partial charge is 0.239 e. The number of benzene rings is 3. The Morgan fingerprint density at radius 3 is 2.32 bits per heavy atom. The molecule has 0 aliphatic carbocycles. The van der Waals surface area contributed by atoms with Gasteiger partial charge in [0.25, 0.3) is 0 Å². The molecule has 5 aromatic rings. The molecule has 2 heterocycles. The predicted molar refractivity (Wildman–Crippen MR) is 112 cm³/mol. The molecule has 6 nitrogen and oxygen atoms in total. The third-order valence-electron chi connectivity index (χ3n) is 4.68. The normalized spacial score (nSPS) is 11.1. The van der Waals surface area contributed by atoms with E-state index >= 15 is 0 Å². The van der Waals surface area contributed by atoms with Crippen molar-refractivity contribution in [2.75, 3.05) is 11.1 Å². The van der Waals surface area contributed by atoms with Crippen molar-refractivity contribution < 1.29 is 0 Å². The molecule has 0 atom stereocenters. The molecule has 0 aliphatic rings. The van der Waals surface area contributed by atoms with Crippen molar-refractivity contribution in [1.82, 2.24) is 19.5 Å². The minimum atomic E-state index is 0.366. The average Bonchev–Trinajstić information content (AvgIpc) is 3.08. The Labute approximate surface area is 161 Å². The largest absolute Gasteiger partial charge is 0.369 e. The zero-order valence-corrected chi connectivity index (χ0v) is 15.1. The van der Waals surface area contributed by atoms with E-state index < -0.39 is 0 Å². The number of fused-ring (bicyclic) bond motifs is 2. The summed E-state index contributed by atoms with van der Waals surface area (Å²) in [6.45, 7) is 0.668. The van der Waals surface area contributed by atoms with E-state index in [0.29, 0.717) is 18.4 Å². The van der Waals surface area contributed by atoms with Crippen LogP contribution in [0.5, 0.6) is 0 Å². The summed E-state index contributed by atoms with van der Waals surface area (Å²) in [4.78, 5) is 14.0. The number of nitrogens with one attached hydrogen (secondary N) is 1. The number of nitrogens with two attached hydrogens (primary N) is 1. The molecule has 0 radical (unpaired) electrons. The maximum absolute atomic E-state index is 6.20. The second-order valence-corrected chi connectivity index (χ2v) is 6.52. The standard InChI is InChI=1S/C22H18N6/c23-21-25-18-12-6-7-13-19(18)28(21)22-26-17-11-5-4-10-16(17)20(27-22)24-14-15-8-2-1-3-9-15/h1-13H,14H2,(H2,23,25)(H,24,26,27). The Hall–Kier alpha value is -3.93. The fourth-order valence-corrected chi connectivity index (χ4v) is 3.34. The van der Waals surface area contributed by atoms with Gasteiger partial charge in [0.05, 0.1) is 16.6 Å². The minimum Gasteiger partial charge on any atom is -0.369 e. The highest BCUT2D eigenvalue weighted by atomic mass is 15.3. The van der Waals surface area contributed by atoms with Gasteiger partial charge in [-0.3, -0.25) is 0 Å². The highest BCUT2D eigenvalue weighted by molar-refractivity contribution is 5.90. The third-order valence-corrected chi connectivity index (χ3v) is 4.68. The third kappa shape index (κ3) is 2.81. The first-order chi connectivity index (χ1) is 13.8. The summed E-state index contributed by atoms with van der Waals surface area (Å²) in [7, 11) is 0. The lowest BCUT2D eigenvalue weighted by molar-refractivity contribution is 0.971. The molecule has 0 bridgehead atoms. The van der Waals surface area contributed by atoms with Gasteiger partial charge in [0.2, 0.25) is 11.9 Å². The Morgan fingerprint density at radius 1 is 0.750 bits per heavy atom. The van der Waals surface area contributed by atoms with Gasteiger partial charge in [0.15, 0.2) is 0 Å². The van der Waals surface area contributed by atoms with E-state index in [4.69, 9.17) is 15.7 Å². The van der Waals surface area contributed by atoms with Crippen molar-refractivity contribution in [3.05, 3.63) is 84.4 Å². The number of aromatic nitrogens is 4.